The highest BCUT2D eigenvalue weighted by Crippen LogP contribution is 2.27. The minimum Gasteiger partial charge on any atom is -0.353 e. The predicted molar refractivity (Wildman–Crippen MR) is 67.0 cm³/mol. The van der Waals surface area contributed by atoms with Gasteiger partial charge in [0.25, 0.3) is 0 Å². The molecule has 1 aromatic heterocycles. The van der Waals surface area contributed by atoms with Gasteiger partial charge in [0.15, 0.2) is 0 Å². The molecule has 0 aromatic carbocycles. The van der Waals surface area contributed by atoms with Crippen molar-refractivity contribution >= 4 is 0 Å². The van der Waals surface area contributed by atoms with Crippen LogP contribution in [0.3, 0.4) is 0 Å². The highest BCUT2D eigenvalue weighted by atomic mass is 16.7. The zero-order valence-electron chi connectivity index (χ0n) is 10.7. The summed E-state index contributed by atoms with van der Waals surface area (Å²) in [5, 5.41) is 7.82. The molecule has 18 heavy (non-hydrogen) atoms. The van der Waals surface area contributed by atoms with Gasteiger partial charge in [0, 0.05) is 25.8 Å². The topological polar surface area (TPSA) is 48.3 Å². The van der Waals surface area contributed by atoms with E-state index in [1.165, 1.54) is 25.0 Å². The maximum absolute atomic E-state index is 5.39. The summed E-state index contributed by atoms with van der Waals surface area (Å²) in [6.45, 7) is 3.91. The normalized spacial score (nSPS) is 24.3. The van der Waals surface area contributed by atoms with E-state index < -0.39 is 0 Å². The molecule has 0 amide bonds. The Morgan fingerprint density at radius 3 is 3.11 bits per heavy atom. The molecule has 2 aliphatic rings. The van der Waals surface area contributed by atoms with Crippen molar-refractivity contribution in [1.29, 1.82) is 0 Å². The summed E-state index contributed by atoms with van der Waals surface area (Å²) in [5.74, 6) is 0.843. The van der Waals surface area contributed by atoms with E-state index in [0.717, 1.165) is 25.6 Å². The van der Waals surface area contributed by atoms with Gasteiger partial charge < -0.3 is 14.8 Å². The van der Waals surface area contributed by atoms with E-state index in [1.54, 1.807) is 0 Å². The first-order chi connectivity index (χ1) is 8.92. The molecule has 1 aliphatic heterocycles. The second-order valence-corrected chi connectivity index (χ2v) is 5.21. The van der Waals surface area contributed by atoms with Crippen molar-refractivity contribution in [2.45, 2.75) is 38.5 Å². The number of ether oxygens (including phenoxy) is 2. The van der Waals surface area contributed by atoms with Crippen LogP contribution < -0.4 is 5.32 Å². The van der Waals surface area contributed by atoms with Crippen LogP contribution in [0.2, 0.25) is 0 Å². The van der Waals surface area contributed by atoms with Crippen LogP contribution in [0, 0.1) is 5.92 Å². The van der Waals surface area contributed by atoms with Crippen molar-refractivity contribution in [2.75, 3.05) is 19.9 Å². The molecular weight excluding hydrogens is 230 g/mol. The fourth-order valence-electron chi connectivity index (χ4n) is 2.45. The molecule has 1 aromatic rings. The fraction of sp³-hybridized carbons (Fsp3) is 0.769. The molecule has 0 radical (unpaired) electrons. The van der Waals surface area contributed by atoms with Gasteiger partial charge in [-0.15, -0.1) is 0 Å². The van der Waals surface area contributed by atoms with Gasteiger partial charge in [0.2, 0.25) is 0 Å². The lowest BCUT2D eigenvalue weighted by Crippen LogP contribution is -2.29. The molecule has 0 spiro atoms. The van der Waals surface area contributed by atoms with Crippen LogP contribution in [0.25, 0.3) is 0 Å². The Morgan fingerprint density at radius 1 is 1.44 bits per heavy atom. The first-order valence-corrected chi connectivity index (χ1v) is 6.82. The average molecular weight is 251 g/mol. The van der Waals surface area contributed by atoms with Gasteiger partial charge >= 0.3 is 0 Å². The van der Waals surface area contributed by atoms with Gasteiger partial charge in [-0.3, -0.25) is 4.68 Å². The number of hydrogen-bond acceptors (Lipinski definition) is 4. The minimum absolute atomic E-state index is 0.202. The third-order valence-corrected chi connectivity index (χ3v) is 3.83. The van der Waals surface area contributed by atoms with E-state index in [-0.39, 0.29) is 6.10 Å². The van der Waals surface area contributed by atoms with Crippen molar-refractivity contribution in [1.82, 2.24) is 15.1 Å². The maximum Gasteiger partial charge on any atom is 0.147 e. The van der Waals surface area contributed by atoms with Gasteiger partial charge in [-0.05, 0) is 24.8 Å². The molecule has 1 unspecified atom stereocenters. The molecule has 0 bridgehead atoms. The molecule has 1 aliphatic carbocycles. The summed E-state index contributed by atoms with van der Waals surface area (Å²) in [6, 6.07) is 2.09. The van der Waals surface area contributed by atoms with E-state index in [9.17, 15) is 0 Å². The van der Waals surface area contributed by atoms with Crippen LogP contribution in [-0.2, 0) is 22.6 Å². The highest BCUT2D eigenvalue weighted by molar-refractivity contribution is 5.00. The Balaban J connectivity index is 1.44. The van der Waals surface area contributed by atoms with Crippen LogP contribution in [-0.4, -0.2) is 35.8 Å². The summed E-state index contributed by atoms with van der Waals surface area (Å²) >= 11 is 0. The standard InChI is InChI=1S/C13H21N3O2/c1-2-11(3-1)8-16-12(4-5-15-16)6-14-7-13-9-17-10-18-13/h4-5,11,13-14H,1-3,6-10H2. The van der Waals surface area contributed by atoms with Crippen LogP contribution in [0.4, 0.5) is 0 Å². The molecule has 5 heteroatoms. The van der Waals surface area contributed by atoms with Crippen LogP contribution in [0.1, 0.15) is 25.0 Å². The minimum atomic E-state index is 0.202. The highest BCUT2D eigenvalue weighted by Gasteiger charge is 2.19. The average Bonchev–Trinajstić information content (AvgIpc) is 2.95. The van der Waals surface area contributed by atoms with Gasteiger partial charge in [0.05, 0.1) is 18.4 Å². The molecule has 1 saturated heterocycles. The molecule has 3 rings (SSSR count). The maximum atomic E-state index is 5.39. The van der Waals surface area contributed by atoms with E-state index in [4.69, 9.17) is 9.47 Å². The number of hydrogen-bond donors (Lipinski definition) is 1. The summed E-state index contributed by atoms with van der Waals surface area (Å²) in [6.07, 6.45) is 6.21. The molecule has 5 nitrogen and oxygen atoms in total. The Labute approximate surface area is 107 Å². The van der Waals surface area contributed by atoms with Crippen molar-refractivity contribution in [3.8, 4) is 0 Å². The summed E-state index contributed by atoms with van der Waals surface area (Å²) < 4.78 is 12.7. The van der Waals surface area contributed by atoms with Crippen LogP contribution in [0.15, 0.2) is 12.3 Å². The van der Waals surface area contributed by atoms with Gasteiger partial charge in [-0.2, -0.15) is 5.10 Å². The van der Waals surface area contributed by atoms with Gasteiger partial charge in [-0.25, -0.2) is 0 Å². The van der Waals surface area contributed by atoms with Gasteiger partial charge in [0.1, 0.15) is 6.79 Å². The molecule has 1 saturated carbocycles. The molecule has 2 heterocycles. The Bertz CT molecular complexity index is 370. The first-order valence-electron chi connectivity index (χ1n) is 6.82. The number of nitrogens with one attached hydrogen (secondary N) is 1. The second-order valence-electron chi connectivity index (χ2n) is 5.21. The Kier molecular flexibility index (Phi) is 3.93. The number of aromatic nitrogens is 2. The lowest BCUT2D eigenvalue weighted by Gasteiger charge is -2.25. The fourth-order valence-corrected chi connectivity index (χ4v) is 2.45. The molecule has 2 fully saturated rings. The van der Waals surface area contributed by atoms with E-state index in [1.807, 2.05) is 6.20 Å². The molecule has 1 N–H and O–H groups in total. The van der Waals surface area contributed by atoms with E-state index in [0.29, 0.717) is 13.4 Å². The lowest BCUT2D eigenvalue weighted by molar-refractivity contribution is 0.0468. The quantitative estimate of drug-likeness (QED) is 0.824. The number of rotatable bonds is 6. The van der Waals surface area contributed by atoms with Crippen LogP contribution >= 0.6 is 0 Å². The molecule has 100 valence electrons. The zero-order chi connectivity index (χ0) is 12.2. The lowest BCUT2D eigenvalue weighted by atomic mass is 9.85. The third kappa shape index (κ3) is 2.91. The number of nitrogens with zero attached hydrogens (tertiary/aromatic N) is 2. The smallest absolute Gasteiger partial charge is 0.147 e. The van der Waals surface area contributed by atoms with Crippen molar-refractivity contribution in [3.05, 3.63) is 18.0 Å². The molecule has 1 atom stereocenters. The van der Waals surface area contributed by atoms with Crippen LogP contribution in [0.5, 0.6) is 0 Å². The summed E-state index contributed by atoms with van der Waals surface area (Å²) in [4.78, 5) is 0. The van der Waals surface area contributed by atoms with Crippen molar-refractivity contribution in [3.63, 3.8) is 0 Å². The van der Waals surface area contributed by atoms with Gasteiger partial charge in [-0.1, -0.05) is 6.42 Å². The van der Waals surface area contributed by atoms with Crippen molar-refractivity contribution in [2.24, 2.45) is 5.92 Å². The SMILES string of the molecule is c1cc(CNCC2COCO2)n(CC2CCC2)n1. The third-order valence-electron chi connectivity index (χ3n) is 3.83. The summed E-state index contributed by atoms with van der Waals surface area (Å²) in [5.41, 5.74) is 1.26. The monoisotopic (exact) mass is 251 g/mol. The zero-order valence-corrected chi connectivity index (χ0v) is 10.7. The van der Waals surface area contributed by atoms with Crippen molar-refractivity contribution < 1.29 is 9.47 Å². The largest absolute Gasteiger partial charge is 0.353 e. The predicted octanol–water partition coefficient (Wildman–Crippen LogP) is 1.15. The second kappa shape index (κ2) is 5.82. The van der Waals surface area contributed by atoms with E-state index in [2.05, 4.69) is 21.2 Å². The van der Waals surface area contributed by atoms with E-state index >= 15 is 0 Å². The molecular formula is C13H21N3O2. The Hall–Kier alpha value is -0.910. The summed E-state index contributed by atoms with van der Waals surface area (Å²) in [7, 11) is 0. The Morgan fingerprint density at radius 2 is 2.39 bits per heavy atom. The first kappa shape index (κ1) is 12.1.